The minimum absolute atomic E-state index is 0. The standard InChI is InChI=1S/C26H22N2O2S.ClH/c27-15-14-23-24-17-21(20-11-10-18-6-4-5-7-19(18)16-20)12-13-25(24)28-26(23)31(29,30)22-8-2-1-3-9-22;/h1-13,16-17,28H,14-15,27H2;1H. The molecule has 6 heteroatoms. The molecule has 4 aromatic carbocycles. The van der Waals surface area contributed by atoms with Gasteiger partial charge in [0.2, 0.25) is 9.84 Å². The lowest BCUT2D eigenvalue weighted by molar-refractivity contribution is 0.592. The van der Waals surface area contributed by atoms with E-state index in [9.17, 15) is 8.42 Å². The molecule has 0 saturated heterocycles. The van der Waals surface area contributed by atoms with Gasteiger partial charge in [0.1, 0.15) is 5.03 Å². The predicted molar refractivity (Wildman–Crippen MR) is 133 cm³/mol. The third kappa shape index (κ3) is 3.79. The number of nitrogens with two attached hydrogens (primary N) is 1. The maximum atomic E-state index is 13.3. The first-order valence-electron chi connectivity index (χ1n) is 10.2. The summed E-state index contributed by atoms with van der Waals surface area (Å²) in [6.07, 6.45) is 0.475. The molecule has 1 aromatic heterocycles. The molecular weight excluding hydrogens is 440 g/mol. The molecule has 3 N–H and O–H groups in total. The molecule has 5 aromatic rings. The van der Waals surface area contributed by atoms with Gasteiger partial charge in [-0.25, -0.2) is 8.42 Å². The third-order valence-corrected chi connectivity index (χ3v) is 7.45. The highest BCUT2D eigenvalue weighted by Crippen LogP contribution is 2.34. The maximum absolute atomic E-state index is 13.3. The van der Waals surface area contributed by atoms with Crippen LogP contribution >= 0.6 is 12.4 Å². The summed E-state index contributed by atoms with van der Waals surface area (Å²) in [6.45, 7) is 0.366. The highest BCUT2D eigenvalue weighted by molar-refractivity contribution is 7.91. The van der Waals surface area contributed by atoms with Crippen LogP contribution in [-0.2, 0) is 16.3 Å². The zero-order valence-corrected chi connectivity index (χ0v) is 18.9. The Morgan fingerprint density at radius 1 is 0.750 bits per heavy atom. The summed E-state index contributed by atoms with van der Waals surface area (Å²) in [4.78, 5) is 3.43. The maximum Gasteiger partial charge on any atom is 0.222 e. The molecule has 32 heavy (non-hydrogen) atoms. The molecule has 162 valence electrons. The molecule has 4 nitrogen and oxygen atoms in total. The number of rotatable bonds is 5. The lowest BCUT2D eigenvalue weighted by atomic mass is 9.99. The van der Waals surface area contributed by atoms with E-state index in [4.69, 9.17) is 5.73 Å². The van der Waals surface area contributed by atoms with Gasteiger partial charge in [0.25, 0.3) is 0 Å². The zero-order chi connectivity index (χ0) is 21.4. The van der Waals surface area contributed by atoms with Gasteiger partial charge >= 0.3 is 0 Å². The van der Waals surface area contributed by atoms with Gasteiger partial charge in [0.05, 0.1) is 4.90 Å². The summed E-state index contributed by atoms with van der Waals surface area (Å²) in [7, 11) is -3.67. The van der Waals surface area contributed by atoms with Gasteiger partial charge < -0.3 is 10.7 Å². The van der Waals surface area contributed by atoms with Crippen LogP contribution in [0.4, 0.5) is 0 Å². The molecule has 1 heterocycles. The van der Waals surface area contributed by atoms with Crippen LogP contribution in [0.3, 0.4) is 0 Å². The van der Waals surface area contributed by atoms with Crippen molar-refractivity contribution in [3.8, 4) is 11.1 Å². The van der Waals surface area contributed by atoms with E-state index in [2.05, 4.69) is 41.4 Å². The minimum atomic E-state index is -3.67. The molecule has 0 amide bonds. The van der Waals surface area contributed by atoms with Crippen molar-refractivity contribution < 1.29 is 8.42 Å². The molecule has 5 rings (SSSR count). The average Bonchev–Trinajstić information content (AvgIpc) is 3.18. The quantitative estimate of drug-likeness (QED) is 0.349. The van der Waals surface area contributed by atoms with Crippen molar-refractivity contribution in [2.24, 2.45) is 5.73 Å². The molecule has 0 radical (unpaired) electrons. The van der Waals surface area contributed by atoms with E-state index in [1.807, 2.05) is 24.3 Å². The smallest absolute Gasteiger partial charge is 0.222 e. The molecule has 0 bridgehead atoms. The lowest BCUT2D eigenvalue weighted by Gasteiger charge is -2.07. The summed E-state index contributed by atoms with van der Waals surface area (Å²) in [5, 5.41) is 3.48. The molecule has 0 unspecified atom stereocenters. The van der Waals surface area contributed by atoms with Gasteiger partial charge in [0, 0.05) is 10.9 Å². The Labute approximate surface area is 193 Å². The van der Waals surface area contributed by atoms with Crippen molar-refractivity contribution in [3.05, 3.63) is 96.6 Å². The topological polar surface area (TPSA) is 76.0 Å². The van der Waals surface area contributed by atoms with Crippen molar-refractivity contribution in [2.75, 3.05) is 6.54 Å². The molecule has 0 aliphatic carbocycles. The van der Waals surface area contributed by atoms with Crippen molar-refractivity contribution in [1.29, 1.82) is 0 Å². The van der Waals surface area contributed by atoms with Crippen LogP contribution in [-0.4, -0.2) is 19.9 Å². The van der Waals surface area contributed by atoms with Gasteiger partial charge in [-0.3, -0.25) is 0 Å². The highest BCUT2D eigenvalue weighted by atomic mass is 35.5. The number of benzene rings is 4. The molecular formula is C26H23ClN2O2S. The van der Waals surface area contributed by atoms with Gasteiger partial charge in [-0.2, -0.15) is 0 Å². The van der Waals surface area contributed by atoms with Crippen LogP contribution in [0.15, 0.2) is 101 Å². The van der Waals surface area contributed by atoms with E-state index in [1.165, 1.54) is 10.8 Å². The number of nitrogens with one attached hydrogen (secondary N) is 1. The van der Waals surface area contributed by atoms with Crippen LogP contribution in [0.1, 0.15) is 5.56 Å². The van der Waals surface area contributed by atoms with Crippen molar-refractivity contribution in [1.82, 2.24) is 4.98 Å². The number of halogens is 1. The lowest BCUT2D eigenvalue weighted by Crippen LogP contribution is -2.09. The summed E-state index contributed by atoms with van der Waals surface area (Å²) in [5.74, 6) is 0. The number of H-pyrrole nitrogens is 1. The Morgan fingerprint density at radius 2 is 1.41 bits per heavy atom. The van der Waals surface area contributed by atoms with E-state index < -0.39 is 9.84 Å². The zero-order valence-electron chi connectivity index (χ0n) is 17.3. The molecule has 0 atom stereocenters. The SMILES string of the molecule is Cl.NCCc1c(S(=O)(=O)c2ccccc2)[nH]c2ccc(-c3ccc4ccccc4c3)cc12. The van der Waals surface area contributed by atoms with E-state index in [0.717, 1.165) is 27.6 Å². The Morgan fingerprint density at radius 3 is 2.16 bits per heavy atom. The van der Waals surface area contributed by atoms with Crippen molar-refractivity contribution in [3.63, 3.8) is 0 Å². The van der Waals surface area contributed by atoms with Crippen molar-refractivity contribution in [2.45, 2.75) is 16.3 Å². The van der Waals surface area contributed by atoms with E-state index in [0.29, 0.717) is 13.0 Å². The fourth-order valence-corrected chi connectivity index (χ4v) is 5.64. The predicted octanol–water partition coefficient (Wildman–Crippen LogP) is 5.74. The van der Waals surface area contributed by atoms with E-state index in [-0.39, 0.29) is 22.3 Å². The molecule has 0 spiro atoms. The monoisotopic (exact) mass is 462 g/mol. The van der Waals surface area contributed by atoms with Gasteiger partial charge in [-0.05, 0) is 70.8 Å². The van der Waals surface area contributed by atoms with Crippen LogP contribution in [0, 0.1) is 0 Å². The number of hydrogen-bond donors (Lipinski definition) is 2. The van der Waals surface area contributed by atoms with Crippen molar-refractivity contribution >= 4 is 43.9 Å². The van der Waals surface area contributed by atoms with Crippen LogP contribution in [0.5, 0.6) is 0 Å². The first kappa shape index (κ1) is 22.1. The number of fused-ring (bicyclic) bond motifs is 2. The Balaban J connectivity index is 0.00000245. The largest absolute Gasteiger partial charge is 0.345 e. The summed E-state index contributed by atoms with van der Waals surface area (Å²) < 4.78 is 26.7. The third-order valence-electron chi connectivity index (χ3n) is 5.67. The number of aromatic amines is 1. The molecule has 0 aliphatic rings. The van der Waals surface area contributed by atoms with E-state index in [1.54, 1.807) is 30.3 Å². The summed E-state index contributed by atoms with van der Waals surface area (Å²) in [6, 6.07) is 29.2. The van der Waals surface area contributed by atoms with Gasteiger partial charge in [-0.15, -0.1) is 12.4 Å². The molecule has 0 fully saturated rings. The van der Waals surface area contributed by atoms with Gasteiger partial charge in [-0.1, -0.05) is 60.7 Å². The Hall–Kier alpha value is -3.12. The second kappa shape index (κ2) is 8.79. The number of hydrogen-bond acceptors (Lipinski definition) is 3. The molecule has 0 saturated carbocycles. The Kier molecular flexibility index (Phi) is 6.07. The van der Waals surface area contributed by atoms with Gasteiger partial charge in [0.15, 0.2) is 0 Å². The summed E-state index contributed by atoms with van der Waals surface area (Å²) in [5.41, 5.74) is 9.53. The summed E-state index contributed by atoms with van der Waals surface area (Å²) >= 11 is 0. The second-order valence-corrected chi connectivity index (χ2v) is 9.50. The van der Waals surface area contributed by atoms with E-state index >= 15 is 0 Å². The van der Waals surface area contributed by atoms with Crippen LogP contribution in [0.25, 0.3) is 32.8 Å². The Bertz CT molecular complexity index is 1510. The number of sulfone groups is 1. The first-order valence-corrected chi connectivity index (χ1v) is 11.7. The highest BCUT2D eigenvalue weighted by Gasteiger charge is 2.25. The second-order valence-electron chi connectivity index (χ2n) is 7.61. The first-order chi connectivity index (χ1) is 15.1. The fourth-order valence-electron chi connectivity index (χ4n) is 4.11. The molecule has 0 aliphatic heterocycles. The minimum Gasteiger partial charge on any atom is -0.345 e. The fraction of sp³-hybridized carbons (Fsp3) is 0.0769. The van der Waals surface area contributed by atoms with Crippen LogP contribution < -0.4 is 5.73 Å². The normalized spacial score (nSPS) is 11.5. The van der Waals surface area contributed by atoms with Crippen LogP contribution in [0.2, 0.25) is 0 Å². The average molecular weight is 463 g/mol. The number of aromatic nitrogens is 1.